The molecule has 2 nitrogen and oxygen atoms in total. The van der Waals surface area contributed by atoms with Crippen molar-refractivity contribution < 1.29 is 4.39 Å². The van der Waals surface area contributed by atoms with Crippen molar-refractivity contribution in [3.05, 3.63) is 51.3 Å². The van der Waals surface area contributed by atoms with Gasteiger partial charge in [-0.15, -0.1) is 0 Å². The topological polar surface area (TPSA) is 24.9 Å². The van der Waals surface area contributed by atoms with E-state index in [1.165, 1.54) is 6.07 Å². The largest absolute Gasteiger partial charge is 0.339 e. The first-order valence-electron chi connectivity index (χ1n) is 4.90. The number of rotatable bonds is 2. The minimum atomic E-state index is -0.231. The Morgan fingerprint density at radius 2 is 2.12 bits per heavy atom. The van der Waals surface area contributed by atoms with Crippen LogP contribution in [0.1, 0.15) is 5.56 Å². The summed E-state index contributed by atoms with van der Waals surface area (Å²) in [6.45, 7) is 1.71. The van der Waals surface area contributed by atoms with Gasteiger partial charge in [-0.05, 0) is 52.7 Å². The van der Waals surface area contributed by atoms with Gasteiger partial charge in [0.1, 0.15) is 11.6 Å². The maximum atomic E-state index is 13.1. The van der Waals surface area contributed by atoms with Crippen molar-refractivity contribution in [2.75, 3.05) is 5.32 Å². The van der Waals surface area contributed by atoms with E-state index in [1.807, 2.05) is 0 Å². The van der Waals surface area contributed by atoms with Crippen LogP contribution in [0.3, 0.4) is 0 Å². The number of benzene rings is 1. The minimum Gasteiger partial charge on any atom is -0.339 e. The van der Waals surface area contributed by atoms with Crippen molar-refractivity contribution in [1.82, 2.24) is 4.98 Å². The molecule has 1 heterocycles. The van der Waals surface area contributed by atoms with Gasteiger partial charge < -0.3 is 5.32 Å². The molecule has 1 N–H and O–H groups in total. The Morgan fingerprint density at radius 3 is 2.76 bits per heavy atom. The van der Waals surface area contributed by atoms with Crippen LogP contribution >= 0.6 is 27.5 Å². The molecule has 0 saturated carbocycles. The van der Waals surface area contributed by atoms with Crippen LogP contribution in [0.15, 0.2) is 34.9 Å². The average Bonchev–Trinajstić information content (AvgIpc) is 2.27. The summed E-state index contributed by atoms with van der Waals surface area (Å²) in [5, 5.41) is 3.54. The quantitative estimate of drug-likeness (QED) is 0.869. The van der Waals surface area contributed by atoms with Crippen molar-refractivity contribution in [1.29, 1.82) is 0 Å². The molecule has 0 aliphatic heterocycles. The highest BCUT2D eigenvalue weighted by Gasteiger charge is 2.04. The molecular formula is C12H9BrClFN2. The SMILES string of the molecule is Cc1cc(Nc2ncc(Br)cc2Cl)ccc1F. The third-order valence-corrected chi connectivity index (χ3v) is 2.95. The fourth-order valence-electron chi connectivity index (χ4n) is 1.37. The zero-order chi connectivity index (χ0) is 12.4. The summed E-state index contributed by atoms with van der Waals surface area (Å²) >= 11 is 9.30. The van der Waals surface area contributed by atoms with Gasteiger partial charge >= 0.3 is 0 Å². The van der Waals surface area contributed by atoms with Crippen LogP contribution in [-0.4, -0.2) is 4.98 Å². The van der Waals surface area contributed by atoms with E-state index in [2.05, 4.69) is 26.2 Å². The maximum absolute atomic E-state index is 13.1. The lowest BCUT2D eigenvalue weighted by atomic mass is 10.2. The lowest BCUT2D eigenvalue weighted by molar-refractivity contribution is 0.619. The molecule has 0 radical (unpaired) electrons. The van der Waals surface area contributed by atoms with Crippen LogP contribution in [0.5, 0.6) is 0 Å². The molecule has 0 spiro atoms. The Balaban J connectivity index is 2.28. The third-order valence-electron chi connectivity index (χ3n) is 2.23. The van der Waals surface area contributed by atoms with Crippen LogP contribution in [-0.2, 0) is 0 Å². The molecule has 0 aliphatic rings. The molecular weight excluding hydrogens is 307 g/mol. The molecule has 5 heteroatoms. The molecule has 17 heavy (non-hydrogen) atoms. The molecule has 0 atom stereocenters. The zero-order valence-electron chi connectivity index (χ0n) is 8.97. The molecule has 0 aliphatic carbocycles. The van der Waals surface area contributed by atoms with Crippen molar-refractivity contribution in [3.63, 3.8) is 0 Å². The first-order chi connectivity index (χ1) is 8.06. The molecule has 1 aromatic heterocycles. The molecule has 0 fully saturated rings. The van der Waals surface area contributed by atoms with Crippen LogP contribution < -0.4 is 5.32 Å². The highest BCUT2D eigenvalue weighted by atomic mass is 79.9. The van der Waals surface area contributed by atoms with E-state index in [9.17, 15) is 4.39 Å². The Labute approximate surface area is 112 Å². The number of hydrogen-bond donors (Lipinski definition) is 1. The first-order valence-corrected chi connectivity index (χ1v) is 6.07. The van der Waals surface area contributed by atoms with Gasteiger partial charge in [0.05, 0.1) is 5.02 Å². The summed E-state index contributed by atoms with van der Waals surface area (Å²) in [7, 11) is 0. The summed E-state index contributed by atoms with van der Waals surface area (Å²) in [5.74, 6) is 0.311. The number of pyridine rings is 1. The number of aryl methyl sites for hydroxylation is 1. The number of aromatic nitrogens is 1. The van der Waals surface area contributed by atoms with Gasteiger partial charge in [-0.25, -0.2) is 9.37 Å². The second kappa shape index (κ2) is 5.02. The smallest absolute Gasteiger partial charge is 0.149 e. The second-order valence-corrected chi connectivity index (χ2v) is 4.90. The predicted molar refractivity (Wildman–Crippen MR) is 71.4 cm³/mol. The summed E-state index contributed by atoms with van der Waals surface area (Å²) in [5.41, 5.74) is 1.32. The lowest BCUT2D eigenvalue weighted by Gasteiger charge is -2.08. The average molecular weight is 316 g/mol. The van der Waals surface area contributed by atoms with Crippen LogP contribution in [0.25, 0.3) is 0 Å². The van der Waals surface area contributed by atoms with Crippen molar-refractivity contribution in [3.8, 4) is 0 Å². The molecule has 2 rings (SSSR count). The number of halogens is 3. The molecule has 1 aromatic carbocycles. The van der Waals surface area contributed by atoms with Crippen molar-refractivity contribution in [2.24, 2.45) is 0 Å². The van der Waals surface area contributed by atoms with Gasteiger partial charge in [0.15, 0.2) is 0 Å². The summed E-state index contributed by atoms with van der Waals surface area (Å²) < 4.78 is 13.9. The number of hydrogen-bond acceptors (Lipinski definition) is 2. The summed E-state index contributed by atoms with van der Waals surface area (Å²) in [6, 6.07) is 6.50. The van der Waals surface area contributed by atoms with E-state index < -0.39 is 0 Å². The van der Waals surface area contributed by atoms with Gasteiger partial charge in [-0.1, -0.05) is 11.6 Å². The number of nitrogens with zero attached hydrogens (tertiary/aromatic N) is 1. The predicted octanol–water partition coefficient (Wildman–Crippen LogP) is 4.69. The van der Waals surface area contributed by atoms with Gasteiger partial charge in [-0.2, -0.15) is 0 Å². The van der Waals surface area contributed by atoms with E-state index in [4.69, 9.17) is 11.6 Å². The fourth-order valence-corrected chi connectivity index (χ4v) is 2.04. The van der Waals surface area contributed by atoms with Gasteiger partial charge in [0.2, 0.25) is 0 Å². The molecule has 2 aromatic rings. The third kappa shape index (κ3) is 2.96. The molecule has 0 unspecified atom stereocenters. The molecule has 0 bridgehead atoms. The van der Waals surface area contributed by atoms with E-state index in [0.29, 0.717) is 16.4 Å². The minimum absolute atomic E-state index is 0.231. The fraction of sp³-hybridized carbons (Fsp3) is 0.0833. The highest BCUT2D eigenvalue weighted by Crippen LogP contribution is 2.26. The van der Waals surface area contributed by atoms with Gasteiger partial charge in [0, 0.05) is 16.4 Å². The zero-order valence-corrected chi connectivity index (χ0v) is 11.3. The van der Waals surface area contributed by atoms with Gasteiger partial charge in [-0.3, -0.25) is 0 Å². The maximum Gasteiger partial charge on any atom is 0.149 e. The van der Waals surface area contributed by atoms with E-state index in [0.717, 1.165) is 10.2 Å². The number of anilines is 2. The Hall–Kier alpha value is -1.13. The van der Waals surface area contributed by atoms with Crippen LogP contribution in [0, 0.1) is 12.7 Å². The summed E-state index contributed by atoms with van der Waals surface area (Å²) in [6.07, 6.45) is 1.64. The van der Waals surface area contributed by atoms with Crippen molar-refractivity contribution in [2.45, 2.75) is 6.92 Å². The van der Waals surface area contributed by atoms with Crippen LogP contribution in [0.4, 0.5) is 15.9 Å². The Kier molecular flexibility index (Phi) is 3.64. The lowest BCUT2D eigenvalue weighted by Crippen LogP contribution is -1.95. The van der Waals surface area contributed by atoms with Crippen LogP contribution in [0.2, 0.25) is 5.02 Å². The van der Waals surface area contributed by atoms with Crippen molar-refractivity contribution >= 4 is 39.0 Å². The summed E-state index contributed by atoms with van der Waals surface area (Å²) in [4.78, 5) is 4.14. The first kappa shape index (κ1) is 12.3. The molecule has 88 valence electrons. The normalized spacial score (nSPS) is 10.4. The molecule has 0 amide bonds. The standard InChI is InChI=1S/C12H9BrClFN2/c1-7-4-9(2-3-11(7)15)17-12-10(14)5-8(13)6-16-12/h2-6H,1H3,(H,16,17). The van der Waals surface area contributed by atoms with E-state index >= 15 is 0 Å². The Morgan fingerprint density at radius 1 is 1.35 bits per heavy atom. The van der Waals surface area contributed by atoms with E-state index in [-0.39, 0.29) is 5.82 Å². The molecule has 0 saturated heterocycles. The highest BCUT2D eigenvalue weighted by molar-refractivity contribution is 9.10. The monoisotopic (exact) mass is 314 g/mol. The Bertz CT molecular complexity index is 560. The number of nitrogens with one attached hydrogen (secondary N) is 1. The van der Waals surface area contributed by atoms with E-state index in [1.54, 1.807) is 31.3 Å². The second-order valence-electron chi connectivity index (χ2n) is 3.57. The van der Waals surface area contributed by atoms with Gasteiger partial charge in [0.25, 0.3) is 0 Å².